The second kappa shape index (κ2) is 4.94. The van der Waals surface area contributed by atoms with Crippen molar-refractivity contribution >= 4 is 16.7 Å². The SMILES string of the molecule is Nc1ccc(-c2nc3cc(F)ccc3n2CCO)cc1. The molecule has 0 bridgehead atoms. The molecule has 20 heavy (non-hydrogen) atoms. The lowest BCUT2D eigenvalue weighted by Gasteiger charge is -2.07. The standard InChI is InChI=1S/C15H14FN3O/c16-11-3-6-14-13(9-11)18-15(19(14)7-8-20)10-1-4-12(17)5-2-10/h1-6,9,20H,7-8,17H2. The van der Waals surface area contributed by atoms with E-state index in [9.17, 15) is 9.50 Å². The molecule has 3 aromatic rings. The first-order valence-corrected chi connectivity index (χ1v) is 6.31. The van der Waals surface area contributed by atoms with Gasteiger partial charge < -0.3 is 15.4 Å². The number of rotatable bonds is 3. The number of nitrogens with two attached hydrogens (primary N) is 1. The van der Waals surface area contributed by atoms with Gasteiger partial charge in [0, 0.05) is 23.9 Å². The smallest absolute Gasteiger partial charge is 0.141 e. The number of aliphatic hydroxyl groups is 1. The minimum atomic E-state index is -0.324. The topological polar surface area (TPSA) is 64.1 Å². The lowest BCUT2D eigenvalue weighted by molar-refractivity contribution is 0.278. The zero-order chi connectivity index (χ0) is 14.1. The highest BCUT2D eigenvalue weighted by Crippen LogP contribution is 2.25. The normalized spacial score (nSPS) is 11.1. The molecular weight excluding hydrogens is 257 g/mol. The summed E-state index contributed by atoms with van der Waals surface area (Å²) in [6.07, 6.45) is 0. The van der Waals surface area contributed by atoms with E-state index in [1.165, 1.54) is 12.1 Å². The Hall–Kier alpha value is -2.40. The van der Waals surface area contributed by atoms with Crippen LogP contribution in [0.15, 0.2) is 42.5 Å². The highest BCUT2D eigenvalue weighted by Gasteiger charge is 2.12. The third-order valence-corrected chi connectivity index (χ3v) is 3.20. The molecule has 0 aliphatic heterocycles. The van der Waals surface area contributed by atoms with E-state index < -0.39 is 0 Å². The summed E-state index contributed by atoms with van der Waals surface area (Å²) >= 11 is 0. The molecule has 4 nitrogen and oxygen atoms in total. The minimum Gasteiger partial charge on any atom is -0.399 e. The van der Waals surface area contributed by atoms with Gasteiger partial charge in [-0.25, -0.2) is 9.37 Å². The molecule has 0 unspecified atom stereocenters. The van der Waals surface area contributed by atoms with Gasteiger partial charge in [0.05, 0.1) is 17.6 Å². The second-order valence-electron chi connectivity index (χ2n) is 4.57. The van der Waals surface area contributed by atoms with E-state index in [0.29, 0.717) is 23.6 Å². The molecule has 0 fully saturated rings. The van der Waals surface area contributed by atoms with Gasteiger partial charge in [-0.2, -0.15) is 0 Å². The van der Waals surface area contributed by atoms with Crippen LogP contribution in [0.2, 0.25) is 0 Å². The predicted octanol–water partition coefficient (Wildman–Crippen LogP) is 2.42. The summed E-state index contributed by atoms with van der Waals surface area (Å²) in [5.74, 6) is 0.370. The number of aliphatic hydroxyl groups excluding tert-OH is 1. The van der Waals surface area contributed by atoms with Crippen molar-refractivity contribution in [2.45, 2.75) is 6.54 Å². The van der Waals surface area contributed by atoms with Crippen LogP contribution < -0.4 is 5.73 Å². The number of halogens is 1. The maximum atomic E-state index is 13.3. The van der Waals surface area contributed by atoms with Crippen LogP contribution >= 0.6 is 0 Å². The van der Waals surface area contributed by atoms with Crippen LogP contribution in [0.25, 0.3) is 22.4 Å². The van der Waals surface area contributed by atoms with Gasteiger partial charge in [-0.3, -0.25) is 0 Å². The van der Waals surface area contributed by atoms with Crippen LogP contribution in [0.1, 0.15) is 0 Å². The van der Waals surface area contributed by atoms with Gasteiger partial charge in [-0.15, -0.1) is 0 Å². The Kier molecular flexibility index (Phi) is 3.12. The fourth-order valence-corrected chi connectivity index (χ4v) is 2.28. The number of hydrogen-bond acceptors (Lipinski definition) is 3. The Bertz CT molecular complexity index is 750. The van der Waals surface area contributed by atoms with Crippen LogP contribution in [0.5, 0.6) is 0 Å². The molecule has 0 spiro atoms. The summed E-state index contributed by atoms with van der Waals surface area (Å²) in [4.78, 5) is 4.46. The second-order valence-corrected chi connectivity index (χ2v) is 4.57. The van der Waals surface area contributed by atoms with Gasteiger partial charge in [0.25, 0.3) is 0 Å². The van der Waals surface area contributed by atoms with E-state index in [2.05, 4.69) is 4.98 Å². The highest BCUT2D eigenvalue weighted by atomic mass is 19.1. The number of imidazole rings is 1. The number of fused-ring (bicyclic) bond motifs is 1. The van der Waals surface area contributed by atoms with Crippen molar-refractivity contribution < 1.29 is 9.50 Å². The van der Waals surface area contributed by atoms with E-state index in [1.54, 1.807) is 18.2 Å². The molecule has 0 saturated carbocycles. The zero-order valence-electron chi connectivity index (χ0n) is 10.8. The van der Waals surface area contributed by atoms with Crippen LogP contribution in [-0.4, -0.2) is 21.3 Å². The molecule has 2 aromatic carbocycles. The fraction of sp³-hybridized carbons (Fsp3) is 0.133. The van der Waals surface area contributed by atoms with Gasteiger partial charge >= 0.3 is 0 Å². The Labute approximate surface area is 115 Å². The van der Waals surface area contributed by atoms with Gasteiger partial charge in [-0.05, 0) is 36.4 Å². The Balaban J connectivity index is 2.22. The molecular formula is C15H14FN3O. The van der Waals surface area contributed by atoms with Crippen molar-refractivity contribution in [1.29, 1.82) is 0 Å². The van der Waals surface area contributed by atoms with Crippen molar-refractivity contribution in [1.82, 2.24) is 9.55 Å². The Morgan fingerprint density at radius 2 is 1.90 bits per heavy atom. The molecule has 3 rings (SSSR count). The van der Waals surface area contributed by atoms with Crippen molar-refractivity contribution in [3.8, 4) is 11.4 Å². The van der Waals surface area contributed by atoms with E-state index in [4.69, 9.17) is 5.73 Å². The van der Waals surface area contributed by atoms with Crippen molar-refractivity contribution in [2.24, 2.45) is 0 Å². The number of hydrogen-bond donors (Lipinski definition) is 2. The number of anilines is 1. The molecule has 0 aliphatic carbocycles. The molecule has 1 aromatic heterocycles. The molecule has 0 saturated heterocycles. The minimum absolute atomic E-state index is 0.00912. The first kappa shape index (κ1) is 12.6. The number of aromatic nitrogens is 2. The molecule has 0 radical (unpaired) electrons. The average Bonchev–Trinajstić information content (AvgIpc) is 2.78. The van der Waals surface area contributed by atoms with Crippen molar-refractivity contribution in [2.75, 3.05) is 12.3 Å². The van der Waals surface area contributed by atoms with E-state index >= 15 is 0 Å². The van der Waals surface area contributed by atoms with E-state index in [0.717, 1.165) is 11.1 Å². The summed E-state index contributed by atoms with van der Waals surface area (Å²) in [6.45, 7) is 0.395. The summed E-state index contributed by atoms with van der Waals surface area (Å²) in [5, 5.41) is 9.22. The maximum absolute atomic E-state index is 13.3. The average molecular weight is 271 g/mol. The molecule has 102 valence electrons. The number of nitrogens with zero attached hydrogens (tertiary/aromatic N) is 2. The Morgan fingerprint density at radius 1 is 1.15 bits per heavy atom. The monoisotopic (exact) mass is 271 g/mol. The third kappa shape index (κ3) is 2.12. The molecule has 5 heteroatoms. The first-order chi connectivity index (χ1) is 9.69. The molecule has 0 aliphatic rings. The van der Waals surface area contributed by atoms with Gasteiger partial charge in [0.15, 0.2) is 0 Å². The molecule has 0 amide bonds. The Morgan fingerprint density at radius 3 is 2.60 bits per heavy atom. The van der Waals surface area contributed by atoms with Crippen LogP contribution in [-0.2, 0) is 6.54 Å². The molecule has 1 heterocycles. The maximum Gasteiger partial charge on any atom is 0.141 e. The van der Waals surface area contributed by atoms with E-state index in [1.807, 2.05) is 16.7 Å². The predicted molar refractivity (Wildman–Crippen MR) is 76.6 cm³/mol. The summed E-state index contributed by atoms with van der Waals surface area (Å²) in [6, 6.07) is 11.8. The summed E-state index contributed by atoms with van der Waals surface area (Å²) in [5.41, 5.74) is 8.60. The van der Waals surface area contributed by atoms with Crippen LogP contribution in [0, 0.1) is 5.82 Å². The van der Waals surface area contributed by atoms with Crippen LogP contribution in [0.4, 0.5) is 10.1 Å². The number of nitrogen functional groups attached to an aromatic ring is 1. The van der Waals surface area contributed by atoms with E-state index in [-0.39, 0.29) is 12.4 Å². The molecule has 3 N–H and O–H groups in total. The summed E-state index contributed by atoms with van der Waals surface area (Å²) in [7, 11) is 0. The van der Waals surface area contributed by atoms with Gasteiger partial charge in [-0.1, -0.05) is 0 Å². The highest BCUT2D eigenvalue weighted by molar-refractivity contribution is 5.81. The molecule has 0 atom stereocenters. The zero-order valence-corrected chi connectivity index (χ0v) is 10.8. The lowest BCUT2D eigenvalue weighted by Crippen LogP contribution is -2.04. The number of benzene rings is 2. The lowest BCUT2D eigenvalue weighted by atomic mass is 10.2. The van der Waals surface area contributed by atoms with Crippen LogP contribution in [0.3, 0.4) is 0 Å². The fourth-order valence-electron chi connectivity index (χ4n) is 2.28. The third-order valence-electron chi connectivity index (χ3n) is 3.20. The van der Waals surface area contributed by atoms with Gasteiger partial charge in [0.2, 0.25) is 0 Å². The van der Waals surface area contributed by atoms with Crippen molar-refractivity contribution in [3.05, 3.63) is 48.3 Å². The quantitative estimate of drug-likeness (QED) is 0.719. The first-order valence-electron chi connectivity index (χ1n) is 6.31. The van der Waals surface area contributed by atoms with Crippen molar-refractivity contribution in [3.63, 3.8) is 0 Å². The largest absolute Gasteiger partial charge is 0.399 e. The van der Waals surface area contributed by atoms with Gasteiger partial charge in [0.1, 0.15) is 11.6 Å². The summed E-state index contributed by atoms with van der Waals surface area (Å²) < 4.78 is 15.2.